The van der Waals surface area contributed by atoms with Gasteiger partial charge in [0.1, 0.15) is 22.6 Å². The summed E-state index contributed by atoms with van der Waals surface area (Å²) in [6.07, 6.45) is -3.02. The Hall–Kier alpha value is -3.98. The van der Waals surface area contributed by atoms with Crippen LogP contribution < -0.4 is 9.47 Å². The molecular formula is C20H18O11P+. The van der Waals surface area contributed by atoms with Crippen molar-refractivity contribution in [1.82, 2.24) is 0 Å². The highest BCUT2D eigenvalue weighted by Crippen LogP contribution is 2.28. The van der Waals surface area contributed by atoms with Crippen LogP contribution in [0.25, 0.3) is 0 Å². The second-order valence-electron chi connectivity index (χ2n) is 5.54. The summed E-state index contributed by atoms with van der Waals surface area (Å²) in [7, 11) is -3.35. The van der Waals surface area contributed by atoms with Crippen molar-refractivity contribution in [3.8, 4) is 11.5 Å². The van der Waals surface area contributed by atoms with Gasteiger partial charge in [0, 0.05) is 4.57 Å². The van der Waals surface area contributed by atoms with E-state index in [1.54, 1.807) is 13.8 Å². The van der Waals surface area contributed by atoms with E-state index < -0.39 is 32.5 Å². The number of carbonyl (C=O) groups excluding carboxylic acids is 4. The zero-order chi connectivity index (χ0) is 23.5. The quantitative estimate of drug-likeness (QED) is 0.310. The van der Waals surface area contributed by atoms with Gasteiger partial charge in [-0.3, -0.25) is 0 Å². The molecule has 0 aliphatic rings. The molecule has 0 spiro atoms. The van der Waals surface area contributed by atoms with Gasteiger partial charge in [0.2, 0.25) is 0 Å². The zero-order valence-corrected chi connectivity index (χ0v) is 17.9. The maximum absolute atomic E-state index is 11.9. The minimum atomic E-state index is -3.35. The third-order valence-electron chi connectivity index (χ3n) is 3.45. The van der Waals surface area contributed by atoms with Crippen LogP contribution in [0.3, 0.4) is 0 Å². The van der Waals surface area contributed by atoms with Gasteiger partial charge in [-0.1, -0.05) is 24.3 Å². The summed E-state index contributed by atoms with van der Waals surface area (Å²) >= 11 is 0. The van der Waals surface area contributed by atoms with Crippen molar-refractivity contribution in [3.63, 3.8) is 0 Å². The van der Waals surface area contributed by atoms with Crippen LogP contribution in [0.15, 0.2) is 48.5 Å². The van der Waals surface area contributed by atoms with Crippen molar-refractivity contribution in [3.05, 3.63) is 59.7 Å². The molecule has 11 nitrogen and oxygen atoms in total. The smallest absolute Gasteiger partial charge is 0.462 e. The van der Waals surface area contributed by atoms with Crippen LogP contribution in [0.4, 0.5) is 9.59 Å². The van der Waals surface area contributed by atoms with Gasteiger partial charge in [-0.2, -0.15) is 9.59 Å². The van der Waals surface area contributed by atoms with Crippen molar-refractivity contribution in [2.24, 2.45) is 0 Å². The zero-order valence-electron chi connectivity index (χ0n) is 17.0. The Kier molecular flexibility index (Phi) is 9.12. The topological polar surface area (TPSA) is 141 Å². The molecule has 0 N–H and O–H groups in total. The lowest BCUT2D eigenvalue weighted by Crippen LogP contribution is -2.14. The molecule has 12 heteroatoms. The van der Waals surface area contributed by atoms with Gasteiger partial charge in [-0.05, 0) is 38.1 Å². The highest BCUT2D eigenvalue weighted by molar-refractivity contribution is 7.34. The molecule has 32 heavy (non-hydrogen) atoms. The van der Waals surface area contributed by atoms with E-state index in [0.717, 1.165) is 0 Å². The molecule has 0 saturated carbocycles. The molecule has 2 aromatic carbocycles. The molecule has 0 saturated heterocycles. The van der Waals surface area contributed by atoms with Crippen LogP contribution in [0, 0.1) is 0 Å². The third kappa shape index (κ3) is 7.06. The van der Waals surface area contributed by atoms with E-state index in [9.17, 15) is 23.7 Å². The Morgan fingerprint density at radius 2 is 1.06 bits per heavy atom. The summed E-state index contributed by atoms with van der Waals surface area (Å²) in [6.45, 7) is 3.39. The first-order chi connectivity index (χ1) is 15.3. The molecule has 0 bridgehead atoms. The summed E-state index contributed by atoms with van der Waals surface area (Å²) in [5, 5.41) is 0. The fourth-order valence-corrected chi connectivity index (χ4v) is 2.58. The maximum Gasteiger partial charge on any atom is 0.818 e. The lowest BCUT2D eigenvalue weighted by molar-refractivity contribution is 0.0512. The van der Waals surface area contributed by atoms with E-state index in [-0.39, 0.29) is 35.8 Å². The van der Waals surface area contributed by atoms with E-state index in [1.165, 1.54) is 48.5 Å². The fraction of sp³-hybridized carbons (Fsp3) is 0.200. The molecule has 2 aromatic rings. The summed E-state index contributed by atoms with van der Waals surface area (Å²) in [6, 6.07) is 11.2. The number of hydrogen-bond donors (Lipinski definition) is 0. The highest BCUT2D eigenvalue weighted by Gasteiger charge is 2.35. The fourth-order valence-electron chi connectivity index (χ4n) is 2.22. The molecule has 168 valence electrons. The van der Waals surface area contributed by atoms with Gasteiger partial charge in [0.25, 0.3) is 0 Å². The molecule has 0 aliphatic carbocycles. The number of esters is 2. The van der Waals surface area contributed by atoms with Gasteiger partial charge >= 0.3 is 32.5 Å². The third-order valence-corrected chi connectivity index (χ3v) is 4.05. The molecular weight excluding hydrogens is 447 g/mol. The van der Waals surface area contributed by atoms with Gasteiger partial charge in [-0.25, -0.2) is 9.59 Å². The number of carbonyl (C=O) groups is 4. The van der Waals surface area contributed by atoms with Gasteiger partial charge in [0.05, 0.1) is 13.2 Å². The Bertz CT molecular complexity index is 939. The predicted molar refractivity (Wildman–Crippen MR) is 107 cm³/mol. The van der Waals surface area contributed by atoms with Crippen LogP contribution in [0.2, 0.25) is 0 Å². The summed E-state index contributed by atoms with van der Waals surface area (Å²) in [5.41, 5.74) is -0.144. The first kappa shape index (κ1) is 24.3. The SMILES string of the molecule is CCOC(=O)c1ccccc1OC(=O)O[P+](=O)OC(=O)Oc1ccccc1C(=O)OCC. The van der Waals surface area contributed by atoms with E-state index in [2.05, 4.69) is 9.05 Å². The molecule has 0 heterocycles. The van der Waals surface area contributed by atoms with Crippen LogP contribution in [0.1, 0.15) is 34.6 Å². The van der Waals surface area contributed by atoms with Crippen LogP contribution in [0.5, 0.6) is 11.5 Å². The van der Waals surface area contributed by atoms with E-state index in [4.69, 9.17) is 18.9 Å². The Morgan fingerprint density at radius 3 is 1.44 bits per heavy atom. The average Bonchev–Trinajstić information content (AvgIpc) is 2.74. The van der Waals surface area contributed by atoms with Crippen molar-refractivity contribution >= 4 is 32.5 Å². The molecule has 0 aromatic heterocycles. The van der Waals surface area contributed by atoms with Gasteiger partial charge in [-0.15, -0.1) is 9.05 Å². The monoisotopic (exact) mass is 465 g/mol. The molecule has 0 amide bonds. The highest BCUT2D eigenvalue weighted by atomic mass is 31.1. The lowest BCUT2D eigenvalue weighted by Gasteiger charge is -2.07. The average molecular weight is 465 g/mol. The second kappa shape index (κ2) is 12.0. The molecule has 0 unspecified atom stereocenters. The van der Waals surface area contributed by atoms with Crippen LogP contribution >= 0.6 is 8.25 Å². The Labute approximate surface area is 183 Å². The largest absolute Gasteiger partial charge is 0.818 e. The first-order valence-electron chi connectivity index (χ1n) is 9.14. The Morgan fingerprint density at radius 1 is 0.688 bits per heavy atom. The van der Waals surface area contributed by atoms with E-state index >= 15 is 0 Å². The first-order valence-corrected chi connectivity index (χ1v) is 10.2. The summed E-state index contributed by atoms with van der Waals surface area (Å²) in [4.78, 5) is 47.4. The van der Waals surface area contributed by atoms with Crippen molar-refractivity contribution in [2.45, 2.75) is 13.8 Å². The molecule has 0 aliphatic heterocycles. The molecule has 0 radical (unpaired) electrons. The molecule has 0 fully saturated rings. The summed E-state index contributed by atoms with van der Waals surface area (Å²) in [5.74, 6) is -1.93. The van der Waals surface area contributed by atoms with Crippen LogP contribution in [-0.2, 0) is 23.1 Å². The number of benzene rings is 2. The minimum Gasteiger partial charge on any atom is -0.462 e. The number of hydrogen-bond acceptors (Lipinski definition) is 11. The Balaban J connectivity index is 1.95. The maximum atomic E-state index is 11.9. The second-order valence-corrected chi connectivity index (χ2v) is 6.36. The van der Waals surface area contributed by atoms with Gasteiger partial charge in [0.15, 0.2) is 0 Å². The van der Waals surface area contributed by atoms with Crippen molar-refractivity contribution in [2.75, 3.05) is 13.2 Å². The number of ether oxygens (including phenoxy) is 4. The van der Waals surface area contributed by atoms with Crippen molar-refractivity contribution < 1.29 is 51.7 Å². The predicted octanol–water partition coefficient (Wildman–Crippen LogP) is 4.43. The van der Waals surface area contributed by atoms with Gasteiger partial charge < -0.3 is 18.9 Å². The van der Waals surface area contributed by atoms with E-state index in [1.807, 2.05) is 0 Å². The van der Waals surface area contributed by atoms with E-state index in [0.29, 0.717) is 0 Å². The van der Waals surface area contributed by atoms with Crippen LogP contribution in [-0.4, -0.2) is 37.5 Å². The standard InChI is InChI=1S/C20H18O11P/c1-3-26-17(21)13-9-5-7-11-15(13)28-19(23)30-32(25)31-20(24)29-16-12-8-6-10-14(16)18(22)27-4-2/h5-12H,3-4H2,1-2H3/q+1. The number of rotatable bonds is 8. The molecule has 2 rings (SSSR count). The normalized spacial score (nSPS) is 9.81. The van der Waals surface area contributed by atoms with Crippen molar-refractivity contribution in [1.29, 1.82) is 0 Å². The lowest BCUT2D eigenvalue weighted by atomic mass is 10.2. The minimum absolute atomic E-state index is 0.0718. The molecule has 0 atom stereocenters. The summed E-state index contributed by atoms with van der Waals surface area (Å²) < 4.78 is 39.8. The number of para-hydroxylation sites is 2.